The van der Waals surface area contributed by atoms with Crippen molar-refractivity contribution in [3.05, 3.63) is 65.7 Å². The van der Waals surface area contributed by atoms with Crippen LogP contribution in [0.2, 0.25) is 0 Å². The maximum atomic E-state index is 13.0. The van der Waals surface area contributed by atoms with Gasteiger partial charge in [-0.3, -0.25) is 0 Å². The van der Waals surface area contributed by atoms with Crippen molar-refractivity contribution in [2.45, 2.75) is 30.2 Å². The molecule has 0 unspecified atom stereocenters. The van der Waals surface area contributed by atoms with Gasteiger partial charge in [-0.1, -0.05) is 18.2 Å². The lowest BCUT2D eigenvalue weighted by molar-refractivity contribution is 0.412. The van der Waals surface area contributed by atoms with Gasteiger partial charge in [0, 0.05) is 6.04 Å². The Balaban J connectivity index is 1.64. The third-order valence-electron chi connectivity index (χ3n) is 5.29. The summed E-state index contributed by atoms with van der Waals surface area (Å²) in [7, 11) is -0.386. The van der Waals surface area contributed by atoms with Gasteiger partial charge >= 0.3 is 0 Å². The summed E-state index contributed by atoms with van der Waals surface area (Å²) in [5.74, 6) is 1.54. The molecule has 6 heteroatoms. The van der Waals surface area contributed by atoms with Gasteiger partial charge in [0.05, 0.1) is 19.1 Å². The van der Waals surface area contributed by atoms with E-state index in [9.17, 15) is 8.42 Å². The Morgan fingerprint density at radius 1 is 0.893 bits per heavy atom. The number of hydrogen-bond acceptors (Lipinski definition) is 4. The molecule has 0 bridgehead atoms. The van der Waals surface area contributed by atoms with Crippen LogP contribution >= 0.6 is 0 Å². The smallest absolute Gasteiger partial charge is 0.241 e. The van der Waals surface area contributed by atoms with Gasteiger partial charge in [-0.15, -0.1) is 0 Å². The van der Waals surface area contributed by atoms with Gasteiger partial charge in [0.1, 0.15) is 11.5 Å². The Morgan fingerprint density at radius 2 is 1.57 bits per heavy atom. The van der Waals surface area contributed by atoms with Gasteiger partial charge in [-0.2, -0.15) is 0 Å². The topological polar surface area (TPSA) is 64.6 Å². The number of fused-ring (bicyclic) bond motifs is 2. The van der Waals surface area contributed by atoms with E-state index >= 15 is 0 Å². The molecule has 1 aliphatic carbocycles. The predicted octanol–water partition coefficient (Wildman–Crippen LogP) is 4.21. The average molecular weight is 397 g/mol. The van der Waals surface area contributed by atoms with Crippen molar-refractivity contribution in [3.8, 4) is 11.5 Å². The van der Waals surface area contributed by atoms with E-state index in [0.29, 0.717) is 0 Å². The zero-order valence-corrected chi connectivity index (χ0v) is 16.8. The summed E-state index contributed by atoms with van der Waals surface area (Å²) in [6.45, 7) is 0. The monoisotopic (exact) mass is 397 g/mol. The molecule has 0 spiro atoms. The third kappa shape index (κ3) is 3.57. The molecule has 0 saturated heterocycles. The Hall–Kier alpha value is -2.57. The first-order chi connectivity index (χ1) is 13.5. The molecule has 0 amide bonds. The van der Waals surface area contributed by atoms with E-state index in [-0.39, 0.29) is 10.9 Å². The summed E-state index contributed by atoms with van der Waals surface area (Å²) < 4.78 is 39.5. The van der Waals surface area contributed by atoms with Gasteiger partial charge in [0.15, 0.2) is 0 Å². The highest BCUT2D eigenvalue weighted by atomic mass is 32.2. The molecule has 0 aliphatic heterocycles. The van der Waals surface area contributed by atoms with Crippen molar-refractivity contribution < 1.29 is 17.9 Å². The van der Waals surface area contributed by atoms with Crippen LogP contribution in [0.3, 0.4) is 0 Å². The van der Waals surface area contributed by atoms with E-state index < -0.39 is 10.0 Å². The maximum absolute atomic E-state index is 13.0. The van der Waals surface area contributed by atoms with Gasteiger partial charge < -0.3 is 9.47 Å². The normalized spacial score (nSPS) is 16.6. The van der Waals surface area contributed by atoms with Crippen LogP contribution in [-0.2, 0) is 16.4 Å². The van der Waals surface area contributed by atoms with Crippen molar-refractivity contribution in [1.29, 1.82) is 0 Å². The fraction of sp³-hybridized carbons (Fsp3) is 0.273. The number of rotatable bonds is 5. The Bertz CT molecular complexity index is 1120. The van der Waals surface area contributed by atoms with Crippen LogP contribution in [0.15, 0.2) is 59.5 Å². The zero-order chi connectivity index (χ0) is 19.7. The molecule has 0 saturated carbocycles. The van der Waals surface area contributed by atoms with Crippen LogP contribution in [0.25, 0.3) is 10.8 Å². The fourth-order valence-electron chi connectivity index (χ4n) is 3.79. The largest absolute Gasteiger partial charge is 0.497 e. The summed E-state index contributed by atoms with van der Waals surface area (Å²) >= 11 is 0. The van der Waals surface area contributed by atoms with E-state index in [1.807, 2.05) is 42.5 Å². The van der Waals surface area contributed by atoms with Crippen LogP contribution in [0.5, 0.6) is 11.5 Å². The summed E-state index contributed by atoms with van der Waals surface area (Å²) in [4.78, 5) is 0.269. The minimum atomic E-state index is -3.64. The highest BCUT2D eigenvalue weighted by Crippen LogP contribution is 2.33. The number of aryl methyl sites for hydroxylation is 1. The van der Waals surface area contributed by atoms with Gasteiger partial charge in [0.25, 0.3) is 0 Å². The van der Waals surface area contributed by atoms with Crippen LogP contribution < -0.4 is 14.2 Å². The number of sulfonamides is 1. The molecule has 28 heavy (non-hydrogen) atoms. The maximum Gasteiger partial charge on any atom is 0.241 e. The summed E-state index contributed by atoms with van der Waals surface area (Å²) in [5, 5.41) is 1.80. The quantitative estimate of drug-likeness (QED) is 0.700. The number of nitrogens with one attached hydrogen (secondary N) is 1. The second kappa shape index (κ2) is 7.45. The SMILES string of the molecule is COc1ccc2c(c1)CCC[C@H]2NS(=O)(=O)c1ccc2cc(OC)ccc2c1. The lowest BCUT2D eigenvalue weighted by Crippen LogP contribution is -2.31. The predicted molar refractivity (Wildman–Crippen MR) is 109 cm³/mol. The molecular weight excluding hydrogens is 374 g/mol. The molecule has 3 aromatic rings. The van der Waals surface area contributed by atoms with Gasteiger partial charge in [0.2, 0.25) is 10.0 Å². The lowest BCUT2D eigenvalue weighted by Gasteiger charge is -2.26. The molecule has 5 nitrogen and oxygen atoms in total. The number of hydrogen-bond donors (Lipinski definition) is 1. The highest BCUT2D eigenvalue weighted by Gasteiger charge is 2.26. The number of methoxy groups -OCH3 is 2. The van der Waals surface area contributed by atoms with Gasteiger partial charge in [-0.25, -0.2) is 13.1 Å². The van der Waals surface area contributed by atoms with Crippen LogP contribution in [0.1, 0.15) is 30.0 Å². The molecule has 0 aromatic heterocycles. The van der Waals surface area contributed by atoms with E-state index in [1.54, 1.807) is 26.4 Å². The molecule has 0 fully saturated rings. The first-order valence-corrected chi connectivity index (χ1v) is 10.8. The van der Waals surface area contributed by atoms with Crippen molar-refractivity contribution in [2.24, 2.45) is 0 Å². The highest BCUT2D eigenvalue weighted by molar-refractivity contribution is 7.89. The number of ether oxygens (including phenoxy) is 2. The van der Waals surface area contributed by atoms with Crippen LogP contribution in [0.4, 0.5) is 0 Å². The Labute approximate surface area is 165 Å². The molecule has 1 N–H and O–H groups in total. The van der Waals surface area contributed by atoms with E-state index in [4.69, 9.17) is 9.47 Å². The first-order valence-electron chi connectivity index (χ1n) is 9.27. The van der Waals surface area contributed by atoms with E-state index in [1.165, 1.54) is 0 Å². The lowest BCUT2D eigenvalue weighted by atomic mass is 9.88. The Kier molecular flexibility index (Phi) is 5.00. The average Bonchev–Trinajstić information content (AvgIpc) is 2.72. The van der Waals surface area contributed by atoms with E-state index in [2.05, 4.69) is 4.72 Å². The molecule has 1 atom stereocenters. The molecule has 4 rings (SSSR count). The minimum Gasteiger partial charge on any atom is -0.497 e. The minimum absolute atomic E-state index is 0.230. The summed E-state index contributed by atoms with van der Waals surface area (Å²) in [6.07, 6.45) is 2.65. The molecule has 146 valence electrons. The molecular formula is C22H23NO4S. The van der Waals surface area contributed by atoms with Crippen molar-refractivity contribution in [1.82, 2.24) is 4.72 Å². The second-order valence-electron chi connectivity index (χ2n) is 7.01. The van der Waals surface area contributed by atoms with Crippen molar-refractivity contribution in [3.63, 3.8) is 0 Å². The molecule has 0 radical (unpaired) electrons. The first kappa shape index (κ1) is 18.8. The van der Waals surface area contributed by atoms with Crippen LogP contribution in [-0.4, -0.2) is 22.6 Å². The van der Waals surface area contributed by atoms with Crippen molar-refractivity contribution >= 4 is 20.8 Å². The van der Waals surface area contributed by atoms with Gasteiger partial charge in [-0.05, 0) is 77.6 Å². The molecule has 3 aromatic carbocycles. The fourth-order valence-corrected chi connectivity index (χ4v) is 5.08. The second-order valence-corrected chi connectivity index (χ2v) is 8.72. The molecule has 1 aliphatic rings. The number of benzene rings is 3. The standard InChI is InChI=1S/C22H23NO4S/c1-26-18-8-6-16-14-20(10-7-15(16)12-18)28(24,25)23-22-5-3-4-17-13-19(27-2)9-11-21(17)22/h6-14,22-23H,3-5H2,1-2H3/t22-/m1/s1. The Morgan fingerprint density at radius 3 is 2.36 bits per heavy atom. The molecule has 0 heterocycles. The van der Waals surface area contributed by atoms with Crippen molar-refractivity contribution in [2.75, 3.05) is 14.2 Å². The van der Waals surface area contributed by atoms with E-state index in [0.717, 1.165) is 52.7 Å². The third-order valence-corrected chi connectivity index (χ3v) is 6.76. The summed E-state index contributed by atoms with van der Waals surface area (Å²) in [5.41, 5.74) is 2.17. The van der Waals surface area contributed by atoms with Crippen LogP contribution in [0, 0.1) is 0 Å². The summed E-state index contributed by atoms with van der Waals surface area (Å²) in [6, 6.07) is 16.4. The zero-order valence-electron chi connectivity index (χ0n) is 15.9.